The molecule has 0 bridgehead atoms. The number of hydrogen-bond donors (Lipinski definition) is 0. The summed E-state index contributed by atoms with van der Waals surface area (Å²) in [5.41, 5.74) is 4.30. The SMILES string of the molecule is CC(C)[Si](OC1CCCC2=NC[C@H]3[C@@H]4CCC[C@@]4(C)CC[C@@H]3[C@]21C)(C(C)C)C(C)C. The zero-order valence-corrected chi connectivity index (χ0v) is 22.3. The lowest BCUT2D eigenvalue weighted by Crippen LogP contribution is -2.62. The largest absolute Gasteiger partial charge is 0.412 e. The summed E-state index contributed by atoms with van der Waals surface area (Å²) in [5.74, 6) is 2.50. The van der Waals surface area contributed by atoms with Crippen molar-refractivity contribution in [1.82, 2.24) is 0 Å². The highest BCUT2D eigenvalue weighted by Crippen LogP contribution is 2.63. The number of hydrogen-bond acceptors (Lipinski definition) is 2. The molecule has 6 atom stereocenters. The van der Waals surface area contributed by atoms with E-state index in [0.29, 0.717) is 28.1 Å². The Morgan fingerprint density at radius 2 is 1.53 bits per heavy atom. The lowest BCUT2D eigenvalue weighted by Gasteiger charge is -2.60. The maximum atomic E-state index is 7.58. The van der Waals surface area contributed by atoms with Crippen LogP contribution in [0.15, 0.2) is 4.99 Å². The van der Waals surface area contributed by atoms with Crippen LogP contribution in [0, 0.1) is 28.6 Å². The van der Waals surface area contributed by atoms with Gasteiger partial charge in [0, 0.05) is 17.7 Å². The summed E-state index contributed by atoms with van der Waals surface area (Å²) in [6, 6.07) is 0. The Morgan fingerprint density at radius 3 is 2.17 bits per heavy atom. The summed E-state index contributed by atoms with van der Waals surface area (Å²) in [4.78, 5) is 5.37. The minimum atomic E-state index is -1.89. The molecule has 0 spiro atoms. The van der Waals surface area contributed by atoms with Gasteiger partial charge in [-0.25, -0.2) is 0 Å². The summed E-state index contributed by atoms with van der Waals surface area (Å²) >= 11 is 0. The topological polar surface area (TPSA) is 21.6 Å². The van der Waals surface area contributed by atoms with Crippen molar-refractivity contribution in [1.29, 1.82) is 0 Å². The zero-order valence-electron chi connectivity index (χ0n) is 21.3. The van der Waals surface area contributed by atoms with E-state index in [-0.39, 0.29) is 5.41 Å². The molecule has 3 fully saturated rings. The summed E-state index contributed by atoms with van der Waals surface area (Å²) in [7, 11) is -1.89. The Balaban J connectivity index is 1.70. The summed E-state index contributed by atoms with van der Waals surface area (Å²) < 4.78 is 7.58. The first-order valence-corrected chi connectivity index (χ1v) is 15.4. The Kier molecular flexibility index (Phi) is 6.15. The van der Waals surface area contributed by atoms with E-state index in [1.54, 1.807) is 5.71 Å². The molecule has 0 amide bonds. The second-order valence-electron chi connectivity index (χ2n) is 12.8. The molecule has 1 aliphatic heterocycles. The van der Waals surface area contributed by atoms with Gasteiger partial charge in [0.05, 0.1) is 6.10 Å². The number of fused-ring (bicyclic) bond motifs is 5. The molecule has 4 aliphatic rings. The van der Waals surface area contributed by atoms with Crippen LogP contribution < -0.4 is 0 Å². The van der Waals surface area contributed by atoms with E-state index in [1.165, 1.54) is 51.4 Å². The molecule has 1 heterocycles. The van der Waals surface area contributed by atoms with E-state index in [4.69, 9.17) is 9.42 Å². The van der Waals surface area contributed by atoms with Crippen molar-refractivity contribution < 1.29 is 4.43 Å². The van der Waals surface area contributed by atoms with Crippen molar-refractivity contribution in [3.63, 3.8) is 0 Å². The fourth-order valence-corrected chi connectivity index (χ4v) is 14.9. The van der Waals surface area contributed by atoms with Gasteiger partial charge in [0.15, 0.2) is 0 Å². The van der Waals surface area contributed by atoms with E-state index in [0.717, 1.165) is 24.3 Å². The van der Waals surface area contributed by atoms with Crippen LogP contribution in [0.1, 0.15) is 107 Å². The average molecular weight is 432 g/mol. The van der Waals surface area contributed by atoms with Gasteiger partial charge in [-0.05, 0) is 84.7 Å². The van der Waals surface area contributed by atoms with E-state index in [2.05, 4.69) is 55.4 Å². The van der Waals surface area contributed by atoms with Gasteiger partial charge in [0.2, 0.25) is 8.32 Å². The molecule has 0 saturated heterocycles. The van der Waals surface area contributed by atoms with Crippen LogP contribution in [-0.2, 0) is 4.43 Å². The summed E-state index contributed by atoms with van der Waals surface area (Å²) in [6.07, 6.45) is 11.3. The van der Waals surface area contributed by atoms with Gasteiger partial charge in [0.1, 0.15) is 0 Å². The normalized spacial score (nSPS) is 41.6. The van der Waals surface area contributed by atoms with E-state index < -0.39 is 8.32 Å². The third kappa shape index (κ3) is 3.23. The maximum absolute atomic E-state index is 7.58. The van der Waals surface area contributed by atoms with Gasteiger partial charge in [0.25, 0.3) is 0 Å². The number of rotatable bonds is 5. The third-order valence-electron chi connectivity index (χ3n) is 10.7. The first kappa shape index (κ1) is 23.0. The predicted molar refractivity (Wildman–Crippen MR) is 132 cm³/mol. The lowest BCUT2D eigenvalue weighted by atomic mass is 9.50. The van der Waals surface area contributed by atoms with Crippen LogP contribution in [0.25, 0.3) is 0 Å². The minimum absolute atomic E-state index is 0.183. The average Bonchev–Trinajstić information content (AvgIpc) is 3.07. The number of aliphatic imine (C=N–C) groups is 1. The molecule has 0 aromatic heterocycles. The smallest absolute Gasteiger partial charge is 0.200 e. The van der Waals surface area contributed by atoms with Gasteiger partial charge < -0.3 is 4.43 Å². The molecule has 1 unspecified atom stereocenters. The van der Waals surface area contributed by atoms with Crippen LogP contribution in [0.5, 0.6) is 0 Å². The maximum Gasteiger partial charge on any atom is 0.200 e. The van der Waals surface area contributed by atoms with Gasteiger partial charge in [-0.3, -0.25) is 4.99 Å². The van der Waals surface area contributed by atoms with Crippen LogP contribution in [0.3, 0.4) is 0 Å². The van der Waals surface area contributed by atoms with Crippen LogP contribution in [-0.4, -0.2) is 26.7 Å². The van der Waals surface area contributed by atoms with Crippen LogP contribution in [0.4, 0.5) is 0 Å². The fraction of sp³-hybridized carbons (Fsp3) is 0.963. The predicted octanol–water partition coefficient (Wildman–Crippen LogP) is 8.02. The Labute approximate surface area is 188 Å². The Morgan fingerprint density at radius 1 is 0.867 bits per heavy atom. The third-order valence-corrected chi connectivity index (χ3v) is 16.8. The quantitative estimate of drug-likeness (QED) is 0.404. The first-order chi connectivity index (χ1) is 14.1. The molecule has 0 radical (unpaired) electrons. The second-order valence-corrected chi connectivity index (χ2v) is 18.3. The van der Waals surface area contributed by atoms with Gasteiger partial charge in [-0.1, -0.05) is 61.8 Å². The minimum Gasteiger partial charge on any atom is -0.412 e. The van der Waals surface area contributed by atoms with Crippen molar-refractivity contribution in [2.75, 3.05) is 6.54 Å². The molecule has 0 N–H and O–H groups in total. The molecule has 2 nitrogen and oxygen atoms in total. The van der Waals surface area contributed by atoms with Crippen molar-refractivity contribution in [2.45, 2.75) is 129 Å². The molecule has 0 aromatic carbocycles. The standard InChI is InChI=1S/C27H49NOSi/c1-18(2)30(19(3)4,20(5)6)29-25-13-9-12-24-27(25,8)23-14-16-26(7)15-10-11-22(26)21(23)17-28-24/h18-23,25H,9-17H2,1-8H3/t21-,22-,23-,25?,26-,27+/m0/s1. The molecule has 30 heavy (non-hydrogen) atoms. The second kappa shape index (κ2) is 8.01. The monoisotopic (exact) mass is 431 g/mol. The zero-order chi connectivity index (χ0) is 21.9. The number of nitrogens with zero attached hydrogens (tertiary/aromatic N) is 1. The molecule has 172 valence electrons. The molecular weight excluding hydrogens is 382 g/mol. The van der Waals surface area contributed by atoms with Crippen molar-refractivity contribution in [3.8, 4) is 0 Å². The van der Waals surface area contributed by atoms with Crippen molar-refractivity contribution in [3.05, 3.63) is 0 Å². The fourth-order valence-electron chi connectivity index (χ4n) is 9.24. The van der Waals surface area contributed by atoms with Gasteiger partial charge >= 0.3 is 0 Å². The van der Waals surface area contributed by atoms with Crippen LogP contribution in [0.2, 0.25) is 16.6 Å². The highest BCUT2D eigenvalue weighted by Gasteiger charge is 2.60. The molecule has 4 rings (SSSR count). The Hall–Kier alpha value is -0.153. The summed E-state index contributed by atoms with van der Waals surface area (Å²) in [6.45, 7) is 21.0. The molecule has 3 saturated carbocycles. The van der Waals surface area contributed by atoms with E-state index in [9.17, 15) is 0 Å². The van der Waals surface area contributed by atoms with E-state index in [1.807, 2.05) is 0 Å². The Bertz CT molecular complexity index is 648. The van der Waals surface area contributed by atoms with Crippen LogP contribution >= 0.6 is 0 Å². The van der Waals surface area contributed by atoms with Gasteiger partial charge in [-0.2, -0.15) is 0 Å². The lowest BCUT2D eigenvalue weighted by molar-refractivity contribution is -0.0559. The molecule has 0 aromatic rings. The van der Waals surface area contributed by atoms with Crippen molar-refractivity contribution in [2.24, 2.45) is 33.6 Å². The highest BCUT2D eigenvalue weighted by atomic mass is 28.4. The van der Waals surface area contributed by atoms with E-state index >= 15 is 0 Å². The molecule has 3 aliphatic carbocycles. The summed E-state index contributed by atoms with van der Waals surface area (Å²) in [5, 5.41) is 0. The molecule has 3 heteroatoms. The van der Waals surface area contributed by atoms with Gasteiger partial charge in [-0.15, -0.1) is 0 Å². The van der Waals surface area contributed by atoms with Crippen molar-refractivity contribution >= 4 is 14.0 Å². The first-order valence-electron chi connectivity index (χ1n) is 13.3. The highest BCUT2D eigenvalue weighted by molar-refractivity contribution is 6.77. The molecular formula is C27H49NOSi.